The molecule has 0 aliphatic carbocycles. The number of amidine groups is 1. The van der Waals surface area contributed by atoms with Crippen molar-refractivity contribution in [3.8, 4) is 5.75 Å². The Balaban J connectivity index is 1.48. The van der Waals surface area contributed by atoms with Crippen LogP contribution in [-0.2, 0) is 12.4 Å². The van der Waals surface area contributed by atoms with Gasteiger partial charge in [-0.15, -0.1) is 5.10 Å². The predicted octanol–water partition coefficient (Wildman–Crippen LogP) is 5.50. The van der Waals surface area contributed by atoms with Crippen molar-refractivity contribution in [3.05, 3.63) is 101 Å². The van der Waals surface area contributed by atoms with Gasteiger partial charge in [0.15, 0.2) is 5.17 Å². The first-order valence-electron chi connectivity index (χ1n) is 8.70. The van der Waals surface area contributed by atoms with Gasteiger partial charge in [0.1, 0.15) is 12.4 Å². The van der Waals surface area contributed by atoms with Crippen molar-refractivity contribution in [3.63, 3.8) is 0 Å². The highest BCUT2D eigenvalue weighted by Gasteiger charge is 2.00. The normalized spacial score (nSPS) is 11.7. The molecule has 0 spiro atoms. The van der Waals surface area contributed by atoms with Crippen LogP contribution in [0.15, 0.2) is 89.1 Å². The summed E-state index contributed by atoms with van der Waals surface area (Å²) in [7, 11) is 0. The van der Waals surface area contributed by atoms with E-state index in [4.69, 9.17) is 22.1 Å². The summed E-state index contributed by atoms with van der Waals surface area (Å²) in [4.78, 5) is 0. The number of halogens is 1. The highest BCUT2D eigenvalue weighted by atomic mass is 35.5. The van der Waals surface area contributed by atoms with Gasteiger partial charge >= 0.3 is 0 Å². The van der Waals surface area contributed by atoms with Crippen molar-refractivity contribution in [2.45, 2.75) is 12.4 Å². The average Bonchev–Trinajstić information content (AvgIpc) is 2.73. The Hall–Kier alpha value is -2.76. The molecule has 0 unspecified atom stereocenters. The molecule has 142 valence electrons. The van der Waals surface area contributed by atoms with Crippen LogP contribution in [0.2, 0.25) is 5.02 Å². The Morgan fingerprint density at radius 2 is 1.68 bits per heavy atom. The first-order valence-corrected chi connectivity index (χ1v) is 10.1. The molecule has 0 saturated heterocycles. The largest absolute Gasteiger partial charge is 0.489 e. The second-order valence-corrected chi connectivity index (χ2v) is 7.31. The SMILES string of the molecule is NC(=NN=Cc1ccc(OCc2ccccc2Cl)cc1)SCc1ccccc1. The summed E-state index contributed by atoms with van der Waals surface area (Å²) in [5, 5.41) is 9.20. The van der Waals surface area contributed by atoms with Crippen LogP contribution < -0.4 is 10.5 Å². The smallest absolute Gasteiger partial charge is 0.180 e. The van der Waals surface area contributed by atoms with E-state index in [-0.39, 0.29) is 0 Å². The second kappa shape index (κ2) is 10.5. The van der Waals surface area contributed by atoms with Crippen LogP contribution in [-0.4, -0.2) is 11.4 Å². The van der Waals surface area contributed by atoms with Gasteiger partial charge in [0.2, 0.25) is 0 Å². The number of nitrogens with two attached hydrogens (primary N) is 1. The number of thioether (sulfide) groups is 1. The molecule has 0 radical (unpaired) electrons. The maximum Gasteiger partial charge on any atom is 0.180 e. The van der Waals surface area contributed by atoms with Gasteiger partial charge in [0.25, 0.3) is 0 Å². The van der Waals surface area contributed by atoms with Gasteiger partial charge in [-0.1, -0.05) is 71.9 Å². The lowest BCUT2D eigenvalue weighted by atomic mass is 10.2. The molecule has 2 N–H and O–H groups in total. The molecule has 28 heavy (non-hydrogen) atoms. The molecule has 0 bridgehead atoms. The first-order chi connectivity index (χ1) is 13.7. The van der Waals surface area contributed by atoms with Crippen molar-refractivity contribution in [2.24, 2.45) is 15.9 Å². The summed E-state index contributed by atoms with van der Waals surface area (Å²) in [6.45, 7) is 0.423. The van der Waals surface area contributed by atoms with Gasteiger partial charge in [-0.3, -0.25) is 0 Å². The minimum atomic E-state index is 0.423. The van der Waals surface area contributed by atoms with Crippen LogP contribution in [0.4, 0.5) is 0 Å². The monoisotopic (exact) mass is 409 g/mol. The van der Waals surface area contributed by atoms with Crippen molar-refractivity contribution in [1.82, 2.24) is 0 Å². The quantitative estimate of drug-likeness (QED) is 0.318. The summed E-state index contributed by atoms with van der Waals surface area (Å²) in [5.74, 6) is 1.53. The molecule has 6 heteroatoms. The fourth-order valence-electron chi connectivity index (χ4n) is 2.34. The van der Waals surface area contributed by atoms with Crippen molar-refractivity contribution >= 4 is 34.7 Å². The van der Waals surface area contributed by atoms with E-state index in [0.717, 1.165) is 22.6 Å². The molecule has 0 aliphatic rings. The molecule has 3 aromatic carbocycles. The van der Waals surface area contributed by atoms with E-state index >= 15 is 0 Å². The maximum absolute atomic E-state index is 6.13. The number of nitrogens with zero attached hydrogens (tertiary/aromatic N) is 2. The molecular weight excluding hydrogens is 390 g/mol. The number of hydrogen-bond donors (Lipinski definition) is 1. The maximum atomic E-state index is 6.13. The Labute approximate surface area is 174 Å². The molecule has 0 saturated carbocycles. The molecule has 4 nitrogen and oxygen atoms in total. The number of benzene rings is 3. The summed E-state index contributed by atoms with van der Waals surface area (Å²) in [6, 6.07) is 25.3. The van der Waals surface area contributed by atoms with Crippen LogP contribution in [0.1, 0.15) is 16.7 Å². The molecule has 0 aromatic heterocycles. The number of hydrogen-bond acceptors (Lipinski definition) is 4. The molecule has 0 amide bonds. The molecule has 0 atom stereocenters. The lowest BCUT2D eigenvalue weighted by molar-refractivity contribution is 0.306. The van der Waals surface area contributed by atoms with Crippen LogP contribution in [0.25, 0.3) is 0 Å². The zero-order valence-corrected chi connectivity index (χ0v) is 16.7. The number of rotatable bonds is 7. The van der Waals surface area contributed by atoms with E-state index in [0.29, 0.717) is 16.8 Å². The third kappa shape index (κ3) is 6.44. The van der Waals surface area contributed by atoms with Crippen molar-refractivity contribution in [1.29, 1.82) is 0 Å². The highest BCUT2D eigenvalue weighted by molar-refractivity contribution is 8.13. The van der Waals surface area contributed by atoms with E-state index in [9.17, 15) is 0 Å². The topological polar surface area (TPSA) is 60.0 Å². The Morgan fingerprint density at radius 1 is 0.964 bits per heavy atom. The van der Waals surface area contributed by atoms with Gasteiger partial charge in [0, 0.05) is 16.3 Å². The van der Waals surface area contributed by atoms with Crippen LogP contribution in [0.3, 0.4) is 0 Å². The predicted molar refractivity (Wildman–Crippen MR) is 119 cm³/mol. The Bertz CT molecular complexity index is 944. The minimum absolute atomic E-state index is 0.423. The van der Waals surface area contributed by atoms with Gasteiger partial charge in [-0.05, 0) is 41.5 Å². The Kier molecular flexibility index (Phi) is 7.53. The van der Waals surface area contributed by atoms with E-state index in [2.05, 4.69) is 22.3 Å². The summed E-state index contributed by atoms with van der Waals surface area (Å²) in [6.07, 6.45) is 1.66. The molecule has 3 rings (SSSR count). The van der Waals surface area contributed by atoms with E-state index in [1.807, 2.05) is 66.7 Å². The van der Waals surface area contributed by atoms with Crippen LogP contribution in [0.5, 0.6) is 5.75 Å². The lowest BCUT2D eigenvalue weighted by Gasteiger charge is -2.07. The van der Waals surface area contributed by atoms with Crippen LogP contribution >= 0.6 is 23.4 Å². The summed E-state index contributed by atoms with van der Waals surface area (Å²) in [5.41, 5.74) is 8.94. The Morgan fingerprint density at radius 3 is 2.43 bits per heavy atom. The van der Waals surface area contributed by atoms with E-state index < -0.39 is 0 Å². The summed E-state index contributed by atoms with van der Waals surface area (Å²) >= 11 is 7.59. The second-order valence-electron chi connectivity index (χ2n) is 5.91. The van der Waals surface area contributed by atoms with Crippen LogP contribution in [0, 0.1) is 0 Å². The molecule has 3 aromatic rings. The summed E-state index contributed by atoms with van der Waals surface area (Å²) < 4.78 is 5.76. The van der Waals surface area contributed by atoms with Gasteiger partial charge in [0.05, 0.1) is 6.21 Å². The van der Waals surface area contributed by atoms with Gasteiger partial charge in [-0.2, -0.15) is 5.10 Å². The lowest BCUT2D eigenvalue weighted by Crippen LogP contribution is -2.05. The minimum Gasteiger partial charge on any atom is -0.489 e. The van der Waals surface area contributed by atoms with Crippen molar-refractivity contribution in [2.75, 3.05) is 0 Å². The fraction of sp³-hybridized carbons (Fsp3) is 0.0909. The number of ether oxygens (including phenoxy) is 1. The third-order valence-corrected chi connectivity index (χ3v) is 5.05. The van der Waals surface area contributed by atoms with E-state index in [1.54, 1.807) is 6.21 Å². The first kappa shape index (κ1) is 20.0. The molecule has 0 heterocycles. The van der Waals surface area contributed by atoms with E-state index in [1.165, 1.54) is 17.3 Å². The molecular formula is C22H20ClN3OS. The highest BCUT2D eigenvalue weighted by Crippen LogP contribution is 2.18. The van der Waals surface area contributed by atoms with Gasteiger partial charge in [-0.25, -0.2) is 0 Å². The fourth-order valence-corrected chi connectivity index (χ4v) is 3.14. The molecule has 0 aliphatic heterocycles. The third-order valence-electron chi connectivity index (χ3n) is 3.82. The zero-order valence-electron chi connectivity index (χ0n) is 15.2. The van der Waals surface area contributed by atoms with Gasteiger partial charge < -0.3 is 10.5 Å². The van der Waals surface area contributed by atoms with Crippen molar-refractivity contribution < 1.29 is 4.74 Å². The zero-order chi connectivity index (χ0) is 19.6. The molecule has 0 fully saturated rings. The standard InChI is InChI=1S/C22H20ClN3OS/c23-21-9-5-4-8-19(21)15-27-20-12-10-17(11-13-20)14-25-26-22(24)28-16-18-6-2-1-3-7-18/h1-14H,15-16H2,(H2,24,26). The average molecular weight is 410 g/mol.